The van der Waals surface area contributed by atoms with Crippen LogP contribution in [0.5, 0.6) is 0 Å². The molecule has 0 aliphatic rings. The van der Waals surface area contributed by atoms with Crippen molar-refractivity contribution in [2.45, 2.75) is 46.6 Å². The van der Waals surface area contributed by atoms with Crippen LogP contribution >= 0.6 is 0 Å². The fourth-order valence-corrected chi connectivity index (χ4v) is 2.55. The Morgan fingerprint density at radius 1 is 1.19 bits per heavy atom. The minimum absolute atomic E-state index is 0.351. The number of anilines is 2. The molecular weight excluding hydrogens is 336 g/mol. The van der Waals surface area contributed by atoms with Crippen molar-refractivity contribution in [3.8, 4) is 0 Å². The molecule has 0 aliphatic carbocycles. The molecule has 2 aromatic carbocycles. The number of hydrogen-bond acceptors (Lipinski definition) is 3. The predicted octanol–water partition coefficient (Wildman–Crippen LogP) is 5.54. The highest BCUT2D eigenvalue weighted by Crippen LogP contribution is 2.22. The van der Waals surface area contributed by atoms with Gasteiger partial charge in [-0.3, -0.25) is 4.90 Å². The number of benzene rings is 2. The Kier molecular flexibility index (Phi) is 7.28. The van der Waals surface area contributed by atoms with Gasteiger partial charge in [0, 0.05) is 24.8 Å². The molecule has 0 fully saturated rings. The van der Waals surface area contributed by atoms with Crippen molar-refractivity contribution in [1.29, 1.82) is 0 Å². The molecule has 145 valence electrons. The molecule has 0 heterocycles. The van der Waals surface area contributed by atoms with Crippen LogP contribution in [0.2, 0.25) is 0 Å². The third-order valence-electron chi connectivity index (χ3n) is 3.87. The molecule has 0 saturated heterocycles. The van der Waals surface area contributed by atoms with Crippen LogP contribution < -0.4 is 10.2 Å². The van der Waals surface area contributed by atoms with Crippen LogP contribution in [0.25, 0.3) is 0 Å². The highest BCUT2D eigenvalue weighted by Gasteiger charge is 2.23. The van der Waals surface area contributed by atoms with Crippen LogP contribution in [0.3, 0.4) is 0 Å². The zero-order valence-electron chi connectivity index (χ0n) is 17.1. The number of ether oxygens (including phenoxy) is 1. The van der Waals surface area contributed by atoms with Crippen LogP contribution in [0, 0.1) is 12.0 Å². The zero-order valence-corrected chi connectivity index (χ0v) is 17.1. The molecule has 1 amide bonds. The summed E-state index contributed by atoms with van der Waals surface area (Å²) in [5.74, 6) is 0.540. The standard InChI is InChI=1S/C23H31N2O2/c1-18(2)17-24-20-12-9-13-21(16-20)25(22(26)27-23(3,4)5)15-14-19-10-7-6-8-11-19/h6-12,16,18,24H,14-15,17H2,1-5H3. The maximum absolute atomic E-state index is 12.8. The molecule has 27 heavy (non-hydrogen) atoms. The van der Waals surface area contributed by atoms with Gasteiger partial charge in [0.25, 0.3) is 0 Å². The second-order valence-corrected chi connectivity index (χ2v) is 8.10. The Bertz CT molecular complexity index is 721. The SMILES string of the molecule is CC(C)CNc1cc[c]c(N(CCc2ccccc2)C(=O)OC(C)(C)C)c1. The van der Waals surface area contributed by atoms with Gasteiger partial charge in [-0.2, -0.15) is 0 Å². The molecule has 4 heteroatoms. The van der Waals surface area contributed by atoms with Crippen molar-refractivity contribution in [1.82, 2.24) is 0 Å². The number of nitrogens with one attached hydrogen (secondary N) is 1. The van der Waals surface area contributed by atoms with E-state index in [4.69, 9.17) is 4.74 Å². The maximum atomic E-state index is 12.8. The molecule has 0 aliphatic heterocycles. The molecule has 4 nitrogen and oxygen atoms in total. The Morgan fingerprint density at radius 3 is 2.52 bits per heavy atom. The molecule has 1 radical (unpaired) electrons. The summed E-state index contributed by atoms with van der Waals surface area (Å²) in [4.78, 5) is 14.5. The van der Waals surface area contributed by atoms with Gasteiger partial charge in [0.2, 0.25) is 0 Å². The van der Waals surface area contributed by atoms with Gasteiger partial charge in [-0.15, -0.1) is 0 Å². The van der Waals surface area contributed by atoms with Gasteiger partial charge >= 0.3 is 6.09 Å². The molecule has 2 rings (SSSR count). The van der Waals surface area contributed by atoms with Gasteiger partial charge < -0.3 is 10.1 Å². The number of nitrogens with zero attached hydrogens (tertiary/aromatic N) is 1. The molecule has 0 aromatic heterocycles. The summed E-state index contributed by atoms with van der Waals surface area (Å²) in [5.41, 5.74) is 2.33. The largest absolute Gasteiger partial charge is 0.443 e. The van der Waals surface area contributed by atoms with Gasteiger partial charge in [-0.25, -0.2) is 4.79 Å². The normalized spacial score (nSPS) is 11.3. The number of carbonyl (C=O) groups excluding carboxylic acids is 1. The summed E-state index contributed by atoms with van der Waals surface area (Å²) >= 11 is 0. The summed E-state index contributed by atoms with van der Waals surface area (Å²) in [7, 11) is 0. The summed E-state index contributed by atoms with van der Waals surface area (Å²) in [5, 5.41) is 3.40. The van der Waals surface area contributed by atoms with Crippen LogP contribution in [0.15, 0.2) is 48.5 Å². The van der Waals surface area contributed by atoms with E-state index in [0.717, 1.165) is 18.7 Å². The summed E-state index contributed by atoms with van der Waals surface area (Å²) in [6.07, 6.45) is 0.396. The first-order valence-electron chi connectivity index (χ1n) is 9.54. The number of rotatable bonds is 7. The van der Waals surface area contributed by atoms with E-state index in [9.17, 15) is 4.79 Å². The van der Waals surface area contributed by atoms with Gasteiger partial charge in [-0.1, -0.05) is 50.2 Å². The second-order valence-electron chi connectivity index (χ2n) is 8.10. The van der Waals surface area contributed by atoms with Crippen LogP contribution in [-0.4, -0.2) is 24.8 Å². The van der Waals surface area contributed by atoms with E-state index in [1.807, 2.05) is 57.2 Å². The van der Waals surface area contributed by atoms with E-state index in [2.05, 4.69) is 37.4 Å². The van der Waals surface area contributed by atoms with E-state index in [1.165, 1.54) is 5.56 Å². The Hall–Kier alpha value is -2.49. The third kappa shape index (κ3) is 7.33. The minimum Gasteiger partial charge on any atom is -0.443 e. The van der Waals surface area contributed by atoms with Gasteiger partial charge in [0.05, 0.1) is 5.69 Å². The van der Waals surface area contributed by atoms with E-state index in [1.54, 1.807) is 4.90 Å². The first-order chi connectivity index (χ1) is 12.7. The van der Waals surface area contributed by atoms with Crippen molar-refractivity contribution >= 4 is 17.5 Å². The fraction of sp³-hybridized carbons (Fsp3) is 0.435. The highest BCUT2D eigenvalue weighted by molar-refractivity contribution is 5.88. The lowest BCUT2D eigenvalue weighted by Crippen LogP contribution is -2.38. The van der Waals surface area contributed by atoms with Crippen molar-refractivity contribution in [2.75, 3.05) is 23.3 Å². The zero-order chi connectivity index (χ0) is 19.9. The van der Waals surface area contributed by atoms with E-state index in [0.29, 0.717) is 18.2 Å². The van der Waals surface area contributed by atoms with E-state index in [-0.39, 0.29) is 6.09 Å². The van der Waals surface area contributed by atoms with Crippen molar-refractivity contribution in [2.24, 2.45) is 5.92 Å². The lowest BCUT2D eigenvalue weighted by molar-refractivity contribution is 0.0581. The van der Waals surface area contributed by atoms with Gasteiger partial charge in [0.15, 0.2) is 0 Å². The summed E-state index contributed by atoms with van der Waals surface area (Å²) in [6, 6.07) is 19.1. The quantitative estimate of drug-likeness (QED) is 0.699. The second kappa shape index (κ2) is 9.45. The first kappa shape index (κ1) is 20.8. The average molecular weight is 368 g/mol. The number of hydrogen-bond donors (Lipinski definition) is 1. The predicted molar refractivity (Wildman–Crippen MR) is 112 cm³/mol. The van der Waals surface area contributed by atoms with E-state index >= 15 is 0 Å². The topological polar surface area (TPSA) is 41.6 Å². The first-order valence-corrected chi connectivity index (χ1v) is 9.54. The summed E-state index contributed by atoms with van der Waals surface area (Å²) in [6.45, 7) is 11.4. The summed E-state index contributed by atoms with van der Waals surface area (Å²) < 4.78 is 5.63. The smallest absolute Gasteiger partial charge is 0.414 e. The highest BCUT2D eigenvalue weighted by atomic mass is 16.6. The Labute approximate surface area is 163 Å². The van der Waals surface area contributed by atoms with Crippen molar-refractivity contribution in [3.63, 3.8) is 0 Å². The third-order valence-corrected chi connectivity index (χ3v) is 3.87. The molecule has 0 unspecified atom stereocenters. The molecular formula is C23H31N2O2. The Morgan fingerprint density at radius 2 is 1.89 bits per heavy atom. The molecule has 2 aromatic rings. The molecule has 0 saturated carbocycles. The number of carbonyl (C=O) groups is 1. The van der Waals surface area contributed by atoms with Crippen LogP contribution in [-0.2, 0) is 11.2 Å². The Balaban J connectivity index is 2.20. The monoisotopic (exact) mass is 367 g/mol. The molecule has 0 atom stereocenters. The lowest BCUT2D eigenvalue weighted by Gasteiger charge is -2.27. The van der Waals surface area contributed by atoms with Crippen molar-refractivity contribution < 1.29 is 9.53 Å². The van der Waals surface area contributed by atoms with Crippen molar-refractivity contribution in [3.05, 3.63) is 60.2 Å². The molecule has 0 bridgehead atoms. The maximum Gasteiger partial charge on any atom is 0.414 e. The van der Waals surface area contributed by atoms with E-state index < -0.39 is 5.60 Å². The molecule has 1 N–H and O–H groups in total. The minimum atomic E-state index is -0.546. The van der Waals surface area contributed by atoms with Crippen LogP contribution in [0.4, 0.5) is 16.2 Å². The average Bonchev–Trinajstić information content (AvgIpc) is 2.60. The van der Waals surface area contributed by atoms with Gasteiger partial charge in [-0.05, 0) is 50.8 Å². The van der Waals surface area contributed by atoms with Gasteiger partial charge in [0.1, 0.15) is 5.60 Å². The van der Waals surface area contributed by atoms with Crippen LogP contribution in [0.1, 0.15) is 40.2 Å². The lowest BCUT2D eigenvalue weighted by atomic mass is 10.1. The molecule has 0 spiro atoms. The number of amides is 1. The fourth-order valence-electron chi connectivity index (χ4n) is 2.55.